The number of hydrogen-bond acceptors (Lipinski definition) is 5. The first-order valence-electron chi connectivity index (χ1n) is 5.12. The molecule has 0 aliphatic heterocycles. The highest BCUT2D eigenvalue weighted by Crippen LogP contribution is 2.19. The topological polar surface area (TPSA) is 138 Å². The van der Waals surface area contributed by atoms with Crippen LogP contribution in [0, 0.1) is 17.0 Å². The summed E-state index contributed by atoms with van der Waals surface area (Å²) < 4.78 is 0. The minimum Gasteiger partial charge on any atom is -0.481 e. The lowest BCUT2D eigenvalue weighted by atomic mass is 10.2. The van der Waals surface area contributed by atoms with E-state index < -0.39 is 16.8 Å². The Kier molecular flexibility index (Phi) is 4.35. The van der Waals surface area contributed by atoms with Gasteiger partial charge in [0.15, 0.2) is 0 Å². The number of aromatic nitrogens is 2. The Balaban J connectivity index is 2.62. The molecule has 0 bridgehead atoms. The summed E-state index contributed by atoms with van der Waals surface area (Å²) in [6.07, 6.45) is 0.167. The number of hydrogen-bond donors (Lipinski definition) is 3. The van der Waals surface area contributed by atoms with E-state index in [4.69, 9.17) is 5.11 Å². The van der Waals surface area contributed by atoms with Crippen LogP contribution >= 0.6 is 0 Å². The van der Waals surface area contributed by atoms with Gasteiger partial charge in [0.2, 0.25) is 5.69 Å². The molecule has 0 saturated carbocycles. The van der Waals surface area contributed by atoms with Gasteiger partial charge in [-0.15, -0.1) is 0 Å². The molecule has 9 heteroatoms. The van der Waals surface area contributed by atoms with Crippen molar-refractivity contribution in [3.05, 3.63) is 21.5 Å². The van der Waals surface area contributed by atoms with Gasteiger partial charge in [-0.2, -0.15) is 5.10 Å². The number of nitro groups is 1. The first kappa shape index (κ1) is 13.6. The van der Waals surface area contributed by atoms with Crippen molar-refractivity contribution in [1.29, 1.82) is 0 Å². The number of aromatic amines is 1. The van der Waals surface area contributed by atoms with Gasteiger partial charge in [-0.05, 0) is 13.3 Å². The number of amides is 1. The highest BCUT2D eigenvalue weighted by Gasteiger charge is 2.26. The number of carboxylic acids is 1. The molecule has 0 aliphatic carbocycles. The van der Waals surface area contributed by atoms with Gasteiger partial charge >= 0.3 is 11.7 Å². The minimum atomic E-state index is -0.967. The highest BCUT2D eigenvalue weighted by molar-refractivity contribution is 5.96. The van der Waals surface area contributed by atoms with E-state index in [0.717, 1.165) is 0 Å². The summed E-state index contributed by atoms with van der Waals surface area (Å²) in [5.74, 6) is -1.66. The zero-order valence-electron chi connectivity index (χ0n) is 9.60. The first-order chi connectivity index (χ1) is 8.43. The molecule has 0 radical (unpaired) electrons. The smallest absolute Gasteiger partial charge is 0.322 e. The SMILES string of the molecule is Cc1[nH]nc(C(=O)NCCCC(=O)O)c1[N+](=O)[O-]. The van der Waals surface area contributed by atoms with Crippen LogP contribution in [-0.4, -0.2) is 38.6 Å². The fourth-order valence-corrected chi connectivity index (χ4v) is 1.33. The number of rotatable bonds is 6. The van der Waals surface area contributed by atoms with Crippen molar-refractivity contribution in [2.75, 3.05) is 6.54 Å². The van der Waals surface area contributed by atoms with E-state index in [-0.39, 0.29) is 36.5 Å². The molecule has 1 rings (SSSR count). The third-order valence-electron chi connectivity index (χ3n) is 2.17. The van der Waals surface area contributed by atoms with E-state index in [0.29, 0.717) is 0 Å². The molecule has 0 spiro atoms. The Morgan fingerprint density at radius 3 is 2.78 bits per heavy atom. The number of H-pyrrole nitrogens is 1. The van der Waals surface area contributed by atoms with Crippen LogP contribution in [-0.2, 0) is 4.79 Å². The molecule has 18 heavy (non-hydrogen) atoms. The molecule has 98 valence electrons. The first-order valence-corrected chi connectivity index (χ1v) is 5.12. The van der Waals surface area contributed by atoms with Crippen molar-refractivity contribution in [2.45, 2.75) is 19.8 Å². The monoisotopic (exact) mass is 256 g/mol. The second-order valence-corrected chi connectivity index (χ2v) is 3.56. The number of nitrogens with zero attached hydrogens (tertiary/aromatic N) is 2. The third-order valence-corrected chi connectivity index (χ3v) is 2.17. The Morgan fingerprint density at radius 2 is 2.22 bits per heavy atom. The van der Waals surface area contributed by atoms with E-state index in [1.807, 2.05) is 0 Å². The summed E-state index contributed by atoms with van der Waals surface area (Å²) in [6, 6.07) is 0. The van der Waals surface area contributed by atoms with E-state index >= 15 is 0 Å². The molecule has 0 saturated heterocycles. The lowest BCUT2D eigenvalue weighted by molar-refractivity contribution is -0.385. The Hall–Kier alpha value is -2.45. The van der Waals surface area contributed by atoms with Gasteiger partial charge in [0.05, 0.1) is 4.92 Å². The van der Waals surface area contributed by atoms with Crippen molar-refractivity contribution in [2.24, 2.45) is 0 Å². The maximum absolute atomic E-state index is 11.6. The summed E-state index contributed by atoms with van der Waals surface area (Å²) in [7, 11) is 0. The maximum atomic E-state index is 11.6. The lowest BCUT2D eigenvalue weighted by Crippen LogP contribution is -2.26. The number of aryl methyl sites for hydroxylation is 1. The fraction of sp³-hybridized carbons (Fsp3) is 0.444. The van der Waals surface area contributed by atoms with Gasteiger partial charge < -0.3 is 10.4 Å². The number of nitrogens with one attached hydrogen (secondary N) is 2. The summed E-state index contributed by atoms with van der Waals surface area (Å²) in [4.78, 5) is 31.8. The van der Waals surface area contributed by atoms with Gasteiger partial charge in [0.1, 0.15) is 5.69 Å². The van der Waals surface area contributed by atoms with Crippen LogP contribution in [0.2, 0.25) is 0 Å². The van der Waals surface area contributed by atoms with Crippen molar-refractivity contribution < 1.29 is 19.6 Å². The van der Waals surface area contributed by atoms with Crippen LogP contribution < -0.4 is 5.32 Å². The number of carboxylic acid groups (broad SMARTS) is 1. The van der Waals surface area contributed by atoms with E-state index in [1.54, 1.807) is 0 Å². The zero-order chi connectivity index (χ0) is 13.7. The van der Waals surface area contributed by atoms with E-state index in [2.05, 4.69) is 15.5 Å². The predicted molar refractivity (Wildman–Crippen MR) is 59.2 cm³/mol. The van der Waals surface area contributed by atoms with Gasteiger partial charge in [0.25, 0.3) is 5.91 Å². The molecule has 0 aliphatic rings. The second kappa shape index (κ2) is 5.75. The zero-order valence-corrected chi connectivity index (χ0v) is 9.60. The van der Waals surface area contributed by atoms with Crippen LogP contribution in [0.4, 0.5) is 5.69 Å². The van der Waals surface area contributed by atoms with E-state index in [9.17, 15) is 19.7 Å². The minimum absolute atomic E-state index is 0.0814. The summed E-state index contributed by atoms with van der Waals surface area (Å²) in [5.41, 5.74) is -0.478. The van der Waals surface area contributed by atoms with Crippen molar-refractivity contribution >= 4 is 17.6 Å². The quantitative estimate of drug-likeness (QED) is 0.378. The molecule has 1 heterocycles. The van der Waals surface area contributed by atoms with Crippen LogP contribution in [0.1, 0.15) is 29.0 Å². The van der Waals surface area contributed by atoms with Crippen molar-refractivity contribution in [3.8, 4) is 0 Å². The average molecular weight is 256 g/mol. The predicted octanol–water partition coefficient (Wildman–Crippen LogP) is 0.221. The molecular formula is C9H12N4O5. The molecular weight excluding hydrogens is 244 g/mol. The van der Waals surface area contributed by atoms with Gasteiger partial charge in [-0.25, -0.2) is 0 Å². The number of carbonyl (C=O) groups excluding carboxylic acids is 1. The average Bonchev–Trinajstić information content (AvgIpc) is 2.66. The summed E-state index contributed by atoms with van der Waals surface area (Å²) >= 11 is 0. The molecule has 0 unspecified atom stereocenters. The molecule has 0 aromatic carbocycles. The number of aliphatic carboxylic acids is 1. The van der Waals surface area contributed by atoms with Crippen LogP contribution in [0.25, 0.3) is 0 Å². The summed E-state index contributed by atoms with van der Waals surface area (Å²) in [5, 5.41) is 27.4. The fourth-order valence-electron chi connectivity index (χ4n) is 1.33. The van der Waals surface area contributed by atoms with E-state index in [1.165, 1.54) is 6.92 Å². The molecule has 1 aromatic heterocycles. The molecule has 1 aromatic rings. The molecule has 0 fully saturated rings. The Morgan fingerprint density at radius 1 is 1.56 bits per heavy atom. The van der Waals surface area contributed by atoms with Crippen LogP contribution in [0.5, 0.6) is 0 Å². The normalized spacial score (nSPS) is 10.1. The third kappa shape index (κ3) is 3.27. The van der Waals surface area contributed by atoms with Gasteiger partial charge in [-0.1, -0.05) is 0 Å². The Labute approximate surface area is 101 Å². The largest absolute Gasteiger partial charge is 0.481 e. The van der Waals surface area contributed by atoms with Gasteiger partial charge in [-0.3, -0.25) is 24.8 Å². The summed E-state index contributed by atoms with van der Waals surface area (Å²) in [6.45, 7) is 1.56. The maximum Gasteiger partial charge on any atom is 0.322 e. The molecule has 9 nitrogen and oxygen atoms in total. The van der Waals surface area contributed by atoms with Crippen LogP contribution in [0.3, 0.4) is 0 Å². The second-order valence-electron chi connectivity index (χ2n) is 3.56. The van der Waals surface area contributed by atoms with Crippen molar-refractivity contribution in [3.63, 3.8) is 0 Å². The van der Waals surface area contributed by atoms with Gasteiger partial charge in [0, 0.05) is 13.0 Å². The lowest BCUT2D eigenvalue weighted by Gasteiger charge is -2.01. The Bertz CT molecular complexity index is 481. The standard InChI is InChI=1S/C9H12N4O5/c1-5-8(13(17)18)7(12-11-5)9(16)10-4-2-3-6(14)15/h2-4H2,1H3,(H,10,16)(H,11,12)(H,14,15). The van der Waals surface area contributed by atoms with Crippen molar-refractivity contribution in [1.82, 2.24) is 15.5 Å². The molecule has 0 atom stereocenters. The molecule has 1 amide bonds. The molecule has 3 N–H and O–H groups in total. The van der Waals surface area contributed by atoms with Crippen LogP contribution in [0.15, 0.2) is 0 Å². The highest BCUT2D eigenvalue weighted by atomic mass is 16.6. The number of carbonyl (C=O) groups is 2.